The van der Waals surface area contributed by atoms with Gasteiger partial charge in [0.2, 0.25) is 5.91 Å². The highest BCUT2D eigenvalue weighted by Gasteiger charge is 2.21. The van der Waals surface area contributed by atoms with Crippen LogP contribution in [0.5, 0.6) is 5.75 Å². The molecule has 0 radical (unpaired) electrons. The summed E-state index contributed by atoms with van der Waals surface area (Å²) in [4.78, 5) is 16.0. The molecule has 0 saturated carbocycles. The summed E-state index contributed by atoms with van der Waals surface area (Å²) in [5, 5.41) is 0. The summed E-state index contributed by atoms with van der Waals surface area (Å²) in [5.41, 5.74) is 6.57. The summed E-state index contributed by atoms with van der Waals surface area (Å²) in [6.07, 6.45) is 0.393. The highest BCUT2D eigenvalue weighted by atomic mass is 35.5. The number of hydrogen-bond donors (Lipinski definition) is 1. The number of ether oxygens (including phenoxy) is 1. The third-order valence-corrected chi connectivity index (χ3v) is 3.84. The Morgan fingerprint density at radius 1 is 1.29 bits per heavy atom. The minimum absolute atomic E-state index is 0. The molecule has 0 spiro atoms. The first kappa shape index (κ1) is 22.9. The smallest absolute Gasteiger partial charge is 0.224 e. The van der Waals surface area contributed by atoms with E-state index in [-0.39, 0.29) is 48.3 Å². The molecule has 1 aromatic rings. The van der Waals surface area contributed by atoms with Crippen LogP contribution in [0.25, 0.3) is 0 Å². The van der Waals surface area contributed by atoms with E-state index in [1.165, 1.54) is 13.2 Å². The van der Waals surface area contributed by atoms with E-state index in [0.717, 1.165) is 18.7 Å². The zero-order chi connectivity index (χ0) is 16.1. The molecule has 8 heteroatoms. The average molecular weight is 382 g/mol. The number of carbonyl (C=O) groups is 1. The SMILES string of the molecule is COc1ccc(CN2CCN(C(=O)CC(C)N)CC2)cc1F.Cl.Cl. The molecule has 1 saturated heterocycles. The molecule has 1 atom stereocenters. The fourth-order valence-electron chi connectivity index (χ4n) is 2.63. The Kier molecular flexibility index (Phi) is 10.2. The van der Waals surface area contributed by atoms with E-state index in [4.69, 9.17) is 10.5 Å². The fraction of sp³-hybridized carbons (Fsp3) is 0.562. The molecule has 1 fully saturated rings. The van der Waals surface area contributed by atoms with E-state index < -0.39 is 0 Å². The van der Waals surface area contributed by atoms with Gasteiger partial charge in [0, 0.05) is 45.2 Å². The Morgan fingerprint density at radius 2 is 1.92 bits per heavy atom. The fourth-order valence-corrected chi connectivity index (χ4v) is 2.63. The number of halogens is 3. The second-order valence-electron chi connectivity index (χ2n) is 5.81. The second kappa shape index (κ2) is 10.7. The molecule has 1 aromatic carbocycles. The van der Waals surface area contributed by atoms with E-state index in [1.807, 2.05) is 17.9 Å². The van der Waals surface area contributed by atoms with Gasteiger partial charge >= 0.3 is 0 Å². The highest BCUT2D eigenvalue weighted by molar-refractivity contribution is 5.85. The lowest BCUT2D eigenvalue weighted by Crippen LogP contribution is -2.49. The van der Waals surface area contributed by atoms with Crippen molar-refractivity contribution in [1.82, 2.24) is 9.80 Å². The largest absolute Gasteiger partial charge is 0.494 e. The molecule has 0 aromatic heterocycles. The van der Waals surface area contributed by atoms with Gasteiger partial charge in [0.05, 0.1) is 7.11 Å². The molecule has 0 bridgehead atoms. The first-order valence-electron chi connectivity index (χ1n) is 7.57. The molecule has 1 heterocycles. The number of amides is 1. The van der Waals surface area contributed by atoms with Crippen molar-refractivity contribution in [2.45, 2.75) is 25.9 Å². The first-order valence-corrected chi connectivity index (χ1v) is 7.57. The van der Waals surface area contributed by atoms with Crippen LogP contribution in [-0.2, 0) is 11.3 Å². The number of nitrogens with two attached hydrogens (primary N) is 1. The summed E-state index contributed by atoms with van der Waals surface area (Å²) in [7, 11) is 1.45. The van der Waals surface area contributed by atoms with Gasteiger partial charge in [0.1, 0.15) is 0 Å². The van der Waals surface area contributed by atoms with E-state index in [1.54, 1.807) is 6.07 Å². The molecular weight excluding hydrogens is 356 g/mol. The number of rotatable bonds is 5. The maximum atomic E-state index is 13.7. The minimum atomic E-state index is -0.342. The quantitative estimate of drug-likeness (QED) is 0.847. The summed E-state index contributed by atoms with van der Waals surface area (Å²) in [6, 6.07) is 4.92. The molecule has 5 nitrogen and oxygen atoms in total. The topological polar surface area (TPSA) is 58.8 Å². The molecule has 24 heavy (non-hydrogen) atoms. The highest BCUT2D eigenvalue weighted by Crippen LogP contribution is 2.19. The van der Waals surface area contributed by atoms with Gasteiger partial charge < -0.3 is 15.4 Å². The van der Waals surface area contributed by atoms with Gasteiger partial charge in [0.15, 0.2) is 11.6 Å². The van der Waals surface area contributed by atoms with Crippen molar-refractivity contribution in [3.63, 3.8) is 0 Å². The summed E-state index contributed by atoms with van der Waals surface area (Å²) in [5.74, 6) is 0.0333. The molecule has 1 aliphatic heterocycles. The van der Waals surface area contributed by atoms with Gasteiger partial charge in [-0.25, -0.2) is 4.39 Å². The van der Waals surface area contributed by atoms with Crippen molar-refractivity contribution >= 4 is 30.7 Å². The maximum Gasteiger partial charge on any atom is 0.224 e. The van der Waals surface area contributed by atoms with Crippen molar-refractivity contribution in [2.24, 2.45) is 5.73 Å². The van der Waals surface area contributed by atoms with Crippen LogP contribution in [-0.4, -0.2) is 55.0 Å². The maximum absolute atomic E-state index is 13.7. The lowest BCUT2D eigenvalue weighted by atomic mass is 10.1. The molecule has 138 valence electrons. The van der Waals surface area contributed by atoms with Gasteiger partial charge in [-0.2, -0.15) is 0 Å². The van der Waals surface area contributed by atoms with E-state index >= 15 is 0 Å². The molecule has 1 amide bonds. The van der Waals surface area contributed by atoms with Gasteiger partial charge in [0.25, 0.3) is 0 Å². The molecule has 0 aliphatic carbocycles. The predicted octanol–water partition coefficient (Wildman–Crippen LogP) is 2.06. The number of hydrogen-bond acceptors (Lipinski definition) is 4. The second-order valence-corrected chi connectivity index (χ2v) is 5.81. The third-order valence-electron chi connectivity index (χ3n) is 3.84. The van der Waals surface area contributed by atoms with Gasteiger partial charge in [-0.1, -0.05) is 6.07 Å². The molecule has 2 N–H and O–H groups in total. The van der Waals surface area contributed by atoms with Crippen LogP contribution in [0.1, 0.15) is 18.9 Å². The van der Waals surface area contributed by atoms with Crippen LogP contribution >= 0.6 is 24.8 Å². The van der Waals surface area contributed by atoms with Crippen molar-refractivity contribution in [3.05, 3.63) is 29.6 Å². The number of piperazine rings is 1. The zero-order valence-corrected chi connectivity index (χ0v) is 15.7. The normalized spacial score (nSPS) is 15.9. The standard InChI is InChI=1S/C16H24FN3O2.2ClH/c1-12(18)9-16(21)20-7-5-19(6-8-20)11-13-3-4-15(22-2)14(17)10-13;;/h3-4,10,12H,5-9,11,18H2,1-2H3;2*1H. The lowest BCUT2D eigenvalue weighted by Gasteiger charge is -2.35. The Bertz CT molecular complexity index is 524. The van der Waals surface area contributed by atoms with Crippen LogP contribution in [0.3, 0.4) is 0 Å². The summed E-state index contributed by atoms with van der Waals surface area (Å²) in [6.45, 7) is 5.49. The minimum Gasteiger partial charge on any atom is -0.494 e. The van der Waals surface area contributed by atoms with Crippen LogP contribution in [0.4, 0.5) is 4.39 Å². The van der Waals surface area contributed by atoms with Crippen molar-refractivity contribution in [1.29, 1.82) is 0 Å². The Morgan fingerprint density at radius 3 is 2.42 bits per heavy atom. The Hall–Kier alpha value is -1.08. The Labute approximate surface area is 155 Å². The zero-order valence-electron chi connectivity index (χ0n) is 14.0. The predicted molar refractivity (Wildman–Crippen MR) is 97.6 cm³/mol. The van der Waals surface area contributed by atoms with Gasteiger partial charge in [-0.3, -0.25) is 9.69 Å². The van der Waals surface area contributed by atoms with E-state index in [0.29, 0.717) is 26.1 Å². The van der Waals surface area contributed by atoms with Crippen LogP contribution in [0.15, 0.2) is 18.2 Å². The van der Waals surface area contributed by atoms with Gasteiger partial charge in [-0.05, 0) is 24.6 Å². The number of methoxy groups -OCH3 is 1. The van der Waals surface area contributed by atoms with Crippen LogP contribution in [0, 0.1) is 5.82 Å². The Balaban J connectivity index is 0.00000264. The third kappa shape index (κ3) is 6.43. The number of benzene rings is 1. The van der Waals surface area contributed by atoms with Crippen molar-refractivity contribution in [2.75, 3.05) is 33.3 Å². The first-order chi connectivity index (χ1) is 10.5. The van der Waals surface area contributed by atoms with E-state index in [9.17, 15) is 9.18 Å². The average Bonchev–Trinajstić information content (AvgIpc) is 2.47. The van der Waals surface area contributed by atoms with Crippen LogP contribution in [0.2, 0.25) is 0 Å². The van der Waals surface area contributed by atoms with Crippen molar-refractivity contribution in [3.8, 4) is 5.75 Å². The molecular formula is C16H26Cl2FN3O2. The van der Waals surface area contributed by atoms with E-state index in [2.05, 4.69) is 4.90 Å². The molecule has 1 unspecified atom stereocenters. The monoisotopic (exact) mass is 381 g/mol. The lowest BCUT2D eigenvalue weighted by molar-refractivity contribution is -0.133. The molecule has 2 rings (SSSR count). The van der Waals surface area contributed by atoms with Crippen LogP contribution < -0.4 is 10.5 Å². The van der Waals surface area contributed by atoms with Gasteiger partial charge in [-0.15, -0.1) is 24.8 Å². The van der Waals surface area contributed by atoms with Crippen molar-refractivity contribution < 1.29 is 13.9 Å². The molecule has 1 aliphatic rings. The number of carbonyl (C=O) groups excluding carboxylic acids is 1. The summed E-state index contributed by atoms with van der Waals surface area (Å²) >= 11 is 0. The number of nitrogens with zero attached hydrogens (tertiary/aromatic N) is 2. The summed E-state index contributed by atoms with van der Waals surface area (Å²) < 4.78 is 18.6.